The smallest absolute Gasteiger partial charge is 0.273 e. The van der Waals surface area contributed by atoms with E-state index in [9.17, 15) is 18.0 Å². The molecule has 1 unspecified atom stereocenters. The van der Waals surface area contributed by atoms with E-state index >= 15 is 0 Å². The van der Waals surface area contributed by atoms with E-state index in [-0.39, 0.29) is 41.4 Å². The van der Waals surface area contributed by atoms with Gasteiger partial charge in [-0.2, -0.15) is 5.10 Å². The second-order valence-corrected chi connectivity index (χ2v) is 10.7. The van der Waals surface area contributed by atoms with Crippen molar-refractivity contribution in [3.63, 3.8) is 0 Å². The van der Waals surface area contributed by atoms with Crippen molar-refractivity contribution >= 4 is 43.8 Å². The average molecular weight is 399 g/mol. The number of thiazole rings is 1. The molecule has 0 saturated carbocycles. The van der Waals surface area contributed by atoms with Gasteiger partial charge >= 0.3 is 0 Å². The third-order valence-electron chi connectivity index (χ3n) is 4.37. The number of sulfone groups is 1. The molecule has 8 nitrogen and oxygen atoms in total. The van der Waals surface area contributed by atoms with Crippen LogP contribution in [0.5, 0.6) is 0 Å². The number of hydrogen-bond acceptors (Lipinski definition) is 7. The van der Waals surface area contributed by atoms with Crippen LogP contribution >= 0.6 is 11.3 Å². The summed E-state index contributed by atoms with van der Waals surface area (Å²) in [5, 5.41) is 10.5. The summed E-state index contributed by atoms with van der Waals surface area (Å²) < 4.78 is 23.3. The van der Waals surface area contributed by atoms with Crippen LogP contribution in [0.4, 0.5) is 5.13 Å². The van der Waals surface area contributed by atoms with Gasteiger partial charge < -0.3 is 0 Å². The monoisotopic (exact) mass is 398 g/mol. The molecule has 1 N–H and O–H groups in total. The zero-order valence-electron chi connectivity index (χ0n) is 15.0. The van der Waals surface area contributed by atoms with E-state index in [1.54, 1.807) is 0 Å². The molecule has 2 aliphatic heterocycles. The summed E-state index contributed by atoms with van der Waals surface area (Å²) >= 11 is 1.34. The molecule has 142 valence electrons. The first-order chi connectivity index (χ1) is 12.0. The molecule has 0 radical (unpaired) electrons. The largest absolute Gasteiger partial charge is 0.297 e. The molecule has 0 bridgehead atoms. The Morgan fingerprint density at radius 2 is 2.08 bits per heavy atom. The van der Waals surface area contributed by atoms with Crippen molar-refractivity contribution in [1.82, 2.24) is 9.99 Å². The fourth-order valence-corrected chi connectivity index (χ4v) is 5.46. The van der Waals surface area contributed by atoms with Crippen molar-refractivity contribution in [3.05, 3.63) is 11.1 Å². The fraction of sp³-hybridized carbons (Fsp3) is 0.625. The Kier molecular flexibility index (Phi) is 4.91. The predicted molar refractivity (Wildman–Crippen MR) is 100 cm³/mol. The van der Waals surface area contributed by atoms with E-state index in [4.69, 9.17) is 0 Å². The Morgan fingerprint density at radius 1 is 1.35 bits per heavy atom. The van der Waals surface area contributed by atoms with Crippen LogP contribution in [0.25, 0.3) is 0 Å². The molecular formula is C16H22N4O4S2. The SMILES string of the molecule is CC(C)(C)c1csc(NC(=O)C2=NN(C3CCS(=O)(=O)C3)C(=O)CC2)n1. The Bertz CT molecular complexity index is 867. The number of carbonyl (C=O) groups excluding carboxylic acids is 2. The number of nitrogens with one attached hydrogen (secondary N) is 1. The quantitative estimate of drug-likeness (QED) is 0.831. The van der Waals surface area contributed by atoms with Gasteiger partial charge in [0.2, 0.25) is 5.91 Å². The standard InChI is InChI=1S/C16H22N4O4S2/c1-16(2,3)12-8-25-15(17-12)18-14(22)11-4-5-13(21)20(19-11)10-6-7-26(23,24)9-10/h8,10H,4-7,9H2,1-3H3,(H,17,18,22). The molecule has 0 spiro atoms. The average Bonchev–Trinajstić information content (AvgIpc) is 3.13. The van der Waals surface area contributed by atoms with Crippen molar-refractivity contribution < 1.29 is 18.0 Å². The third-order valence-corrected chi connectivity index (χ3v) is 6.88. The summed E-state index contributed by atoms with van der Waals surface area (Å²) in [6.07, 6.45) is 0.736. The zero-order valence-corrected chi connectivity index (χ0v) is 16.6. The van der Waals surface area contributed by atoms with Gasteiger partial charge in [-0.25, -0.2) is 18.4 Å². The van der Waals surface area contributed by atoms with Crippen molar-refractivity contribution in [1.29, 1.82) is 0 Å². The second-order valence-electron chi connectivity index (χ2n) is 7.58. The highest BCUT2D eigenvalue weighted by atomic mass is 32.2. The third kappa shape index (κ3) is 4.12. The highest BCUT2D eigenvalue weighted by Crippen LogP contribution is 2.27. The molecule has 26 heavy (non-hydrogen) atoms. The van der Waals surface area contributed by atoms with Gasteiger partial charge in [-0.15, -0.1) is 11.3 Å². The van der Waals surface area contributed by atoms with Gasteiger partial charge in [-0.05, 0) is 6.42 Å². The minimum absolute atomic E-state index is 0.0488. The van der Waals surface area contributed by atoms with Crippen molar-refractivity contribution in [2.24, 2.45) is 5.10 Å². The van der Waals surface area contributed by atoms with Gasteiger partial charge in [-0.3, -0.25) is 14.9 Å². The number of hydrogen-bond donors (Lipinski definition) is 1. The second kappa shape index (κ2) is 6.73. The summed E-state index contributed by atoms with van der Waals surface area (Å²) in [7, 11) is -3.14. The molecule has 0 aromatic carbocycles. The number of nitrogens with zero attached hydrogens (tertiary/aromatic N) is 3. The fourth-order valence-electron chi connectivity index (χ4n) is 2.83. The lowest BCUT2D eigenvalue weighted by Crippen LogP contribution is -2.42. The number of rotatable bonds is 3. The summed E-state index contributed by atoms with van der Waals surface area (Å²) in [6, 6.07) is -0.483. The minimum atomic E-state index is -3.14. The first-order valence-electron chi connectivity index (χ1n) is 8.42. The number of hydrazone groups is 1. The lowest BCUT2D eigenvalue weighted by molar-refractivity contribution is -0.133. The minimum Gasteiger partial charge on any atom is -0.297 e. The molecule has 1 atom stereocenters. The van der Waals surface area contributed by atoms with Crippen LogP contribution < -0.4 is 5.32 Å². The molecule has 1 saturated heterocycles. The summed E-state index contributed by atoms with van der Waals surface area (Å²) in [5.41, 5.74) is 0.997. The maximum atomic E-state index is 12.5. The molecule has 1 fully saturated rings. The number of aromatic nitrogens is 1. The summed E-state index contributed by atoms with van der Waals surface area (Å²) in [4.78, 5) is 29.0. The van der Waals surface area contributed by atoms with Gasteiger partial charge in [0.1, 0.15) is 5.71 Å². The highest BCUT2D eigenvalue weighted by molar-refractivity contribution is 7.91. The molecule has 2 aliphatic rings. The highest BCUT2D eigenvalue weighted by Gasteiger charge is 2.37. The Hall–Kier alpha value is -1.81. The number of carbonyl (C=O) groups is 2. The normalized spacial score (nSPS) is 23.0. The predicted octanol–water partition coefficient (Wildman–Crippen LogP) is 1.54. The van der Waals surface area contributed by atoms with Gasteiger partial charge in [0, 0.05) is 23.6 Å². The van der Waals surface area contributed by atoms with E-state index in [1.165, 1.54) is 16.3 Å². The number of anilines is 1. The molecule has 1 aromatic heterocycles. The first-order valence-corrected chi connectivity index (χ1v) is 11.1. The van der Waals surface area contributed by atoms with Crippen LogP contribution in [-0.2, 0) is 24.8 Å². The van der Waals surface area contributed by atoms with E-state index in [0.29, 0.717) is 11.6 Å². The van der Waals surface area contributed by atoms with Crippen LogP contribution in [-0.4, -0.2) is 53.5 Å². The molecule has 3 heterocycles. The molecule has 0 aliphatic carbocycles. The maximum Gasteiger partial charge on any atom is 0.273 e. The summed E-state index contributed by atoms with van der Waals surface area (Å²) in [6.45, 7) is 6.12. The molecule has 2 amide bonds. The maximum absolute atomic E-state index is 12.5. The lowest BCUT2D eigenvalue weighted by atomic mass is 9.93. The van der Waals surface area contributed by atoms with E-state index in [1.807, 2.05) is 26.2 Å². The van der Waals surface area contributed by atoms with Crippen molar-refractivity contribution in [3.8, 4) is 0 Å². The van der Waals surface area contributed by atoms with Crippen LogP contribution in [0, 0.1) is 0 Å². The molecule has 3 rings (SSSR count). The lowest BCUT2D eigenvalue weighted by Gasteiger charge is -2.27. The Labute approximate surface area is 156 Å². The summed E-state index contributed by atoms with van der Waals surface area (Å²) in [5.74, 6) is -0.697. The Morgan fingerprint density at radius 3 is 2.65 bits per heavy atom. The zero-order chi connectivity index (χ0) is 19.1. The van der Waals surface area contributed by atoms with Gasteiger partial charge in [0.15, 0.2) is 15.0 Å². The molecule has 10 heteroatoms. The topological polar surface area (TPSA) is 109 Å². The van der Waals surface area contributed by atoms with Crippen molar-refractivity contribution in [2.75, 3.05) is 16.8 Å². The van der Waals surface area contributed by atoms with Gasteiger partial charge in [0.25, 0.3) is 5.91 Å². The van der Waals surface area contributed by atoms with Gasteiger partial charge in [0.05, 0.1) is 23.2 Å². The first kappa shape index (κ1) is 19.0. The van der Waals surface area contributed by atoms with Crippen LogP contribution in [0.3, 0.4) is 0 Å². The Balaban J connectivity index is 1.73. The van der Waals surface area contributed by atoms with Crippen LogP contribution in [0.15, 0.2) is 10.5 Å². The number of amides is 2. The van der Waals surface area contributed by atoms with E-state index < -0.39 is 21.8 Å². The van der Waals surface area contributed by atoms with Crippen LogP contribution in [0.2, 0.25) is 0 Å². The van der Waals surface area contributed by atoms with E-state index in [0.717, 1.165) is 5.69 Å². The molecular weight excluding hydrogens is 376 g/mol. The van der Waals surface area contributed by atoms with E-state index in [2.05, 4.69) is 15.4 Å². The van der Waals surface area contributed by atoms with Crippen molar-refractivity contribution in [2.45, 2.75) is 51.5 Å². The molecule has 1 aromatic rings. The van der Waals surface area contributed by atoms with Gasteiger partial charge in [-0.1, -0.05) is 20.8 Å². The van der Waals surface area contributed by atoms with Crippen LogP contribution in [0.1, 0.15) is 45.7 Å².